The zero-order valence-corrected chi connectivity index (χ0v) is 23.3. The minimum Gasteiger partial charge on any atom is -0.475 e. The lowest BCUT2D eigenvalue weighted by atomic mass is 10.0. The molecule has 0 aliphatic rings. The summed E-state index contributed by atoms with van der Waals surface area (Å²) in [4.78, 5) is 41.4. The average Bonchev–Trinajstić information content (AvgIpc) is 2.91. The van der Waals surface area contributed by atoms with Gasteiger partial charge in [-0.15, -0.1) is 0 Å². The van der Waals surface area contributed by atoms with Crippen molar-refractivity contribution in [1.29, 1.82) is 0 Å². The first-order chi connectivity index (χ1) is 19.8. The van der Waals surface area contributed by atoms with Gasteiger partial charge in [0.2, 0.25) is 0 Å². The molecular weight excluding hydrogens is 588 g/mol. The van der Waals surface area contributed by atoms with E-state index in [1.54, 1.807) is 0 Å². The van der Waals surface area contributed by atoms with Crippen molar-refractivity contribution in [3.8, 4) is 11.4 Å². The molecule has 3 aromatic rings. The average molecular weight is 620 g/mol. The number of rotatable bonds is 8. The van der Waals surface area contributed by atoms with E-state index in [9.17, 15) is 31.1 Å². The van der Waals surface area contributed by atoms with Crippen LogP contribution in [0.25, 0.3) is 11.4 Å². The zero-order chi connectivity index (χ0) is 33.0. The molecule has 2 aromatic carbocycles. The van der Waals surface area contributed by atoms with Gasteiger partial charge in [-0.1, -0.05) is 54.6 Å². The number of alkyl halides is 6. The number of H-pyrrole nitrogens is 1. The smallest absolute Gasteiger partial charge is 0.475 e. The summed E-state index contributed by atoms with van der Waals surface area (Å²) in [6, 6.07) is 20.5. The van der Waals surface area contributed by atoms with Gasteiger partial charge in [-0.2, -0.15) is 26.3 Å². The largest absolute Gasteiger partial charge is 0.490 e. The number of aromatic amines is 1. The first-order valence-corrected chi connectivity index (χ1v) is 12.2. The van der Waals surface area contributed by atoms with Crippen LogP contribution in [-0.2, 0) is 22.7 Å². The third-order valence-electron chi connectivity index (χ3n) is 5.40. The molecule has 0 aliphatic heterocycles. The van der Waals surface area contributed by atoms with Crippen LogP contribution in [0.15, 0.2) is 65.5 Å². The summed E-state index contributed by atoms with van der Waals surface area (Å²) in [6.45, 7) is 2.00. The van der Waals surface area contributed by atoms with Crippen LogP contribution in [0.3, 0.4) is 0 Å². The lowest BCUT2D eigenvalue weighted by molar-refractivity contribution is -0.193. The first-order valence-electron chi connectivity index (χ1n) is 12.2. The topological polar surface area (TPSA) is 153 Å². The lowest BCUT2D eigenvalue weighted by Gasteiger charge is -2.31. The Kier molecular flexibility index (Phi) is 14.0. The van der Waals surface area contributed by atoms with Crippen molar-refractivity contribution in [2.45, 2.75) is 31.5 Å². The van der Waals surface area contributed by atoms with Gasteiger partial charge >= 0.3 is 24.3 Å². The first kappa shape index (κ1) is 36.7. The van der Waals surface area contributed by atoms with E-state index in [0.717, 1.165) is 18.7 Å². The summed E-state index contributed by atoms with van der Waals surface area (Å²) in [5, 5.41) is 14.2. The van der Waals surface area contributed by atoms with Crippen LogP contribution in [0.1, 0.15) is 22.9 Å². The van der Waals surface area contributed by atoms with Crippen LogP contribution in [0, 0.1) is 0 Å². The highest BCUT2D eigenvalue weighted by Crippen LogP contribution is 2.23. The molecule has 1 aromatic heterocycles. The summed E-state index contributed by atoms with van der Waals surface area (Å²) < 4.78 is 63.5. The number of likely N-dealkylation sites (N-methyl/N-ethyl adjacent to an activating group) is 2. The molecule has 5 N–H and O–H groups in total. The van der Waals surface area contributed by atoms with E-state index in [2.05, 4.69) is 77.3 Å². The van der Waals surface area contributed by atoms with Crippen molar-refractivity contribution in [3.05, 3.63) is 87.8 Å². The Labute approximate surface area is 242 Å². The molecule has 0 radical (unpaired) electrons. The molecular formula is C27H31F6N5O5. The van der Waals surface area contributed by atoms with Gasteiger partial charge in [0, 0.05) is 37.3 Å². The molecule has 10 nitrogen and oxygen atoms in total. The van der Waals surface area contributed by atoms with Crippen molar-refractivity contribution in [1.82, 2.24) is 19.8 Å². The summed E-state index contributed by atoms with van der Waals surface area (Å²) in [7, 11) is 6.35. The maximum absolute atomic E-state index is 11.8. The predicted octanol–water partition coefficient (Wildman–Crippen LogP) is 3.90. The van der Waals surface area contributed by atoms with Gasteiger partial charge in [-0.05, 0) is 32.3 Å². The number of nitrogens with zero attached hydrogens (tertiary/aromatic N) is 3. The minimum absolute atomic E-state index is 0.186. The Morgan fingerprint density at radius 2 is 1.40 bits per heavy atom. The Balaban J connectivity index is 0.000000548. The molecule has 1 heterocycles. The fraction of sp³-hybridized carbons (Fsp3) is 0.333. The predicted molar refractivity (Wildman–Crippen MR) is 145 cm³/mol. The fourth-order valence-corrected chi connectivity index (χ4v) is 3.44. The number of carboxylic acids is 2. The van der Waals surface area contributed by atoms with E-state index >= 15 is 0 Å². The second-order valence-electron chi connectivity index (χ2n) is 9.20. The number of nitrogens with two attached hydrogens (primary N) is 1. The number of carboxylic acid groups (broad SMARTS) is 2. The van der Waals surface area contributed by atoms with Crippen LogP contribution in [-0.4, -0.2) is 82.0 Å². The van der Waals surface area contributed by atoms with Gasteiger partial charge in [0.05, 0.1) is 5.69 Å². The van der Waals surface area contributed by atoms with Crippen LogP contribution in [0.5, 0.6) is 0 Å². The molecule has 236 valence electrons. The van der Waals surface area contributed by atoms with Gasteiger partial charge in [0.1, 0.15) is 5.82 Å². The highest BCUT2D eigenvalue weighted by Gasteiger charge is 2.38. The van der Waals surface area contributed by atoms with E-state index in [4.69, 9.17) is 25.5 Å². The number of nitrogens with one attached hydrogen (secondary N) is 1. The Hall–Kier alpha value is -4.28. The highest BCUT2D eigenvalue weighted by atomic mass is 19.4. The maximum Gasteiger partial charge on any atom is 0.490 e. The van der Waals surface area contributed by atoms with Gasteiger partial charge in [0.25, 0.3) is 5.56 Å². The summed E-state index contributed by atoms with van der Waals surface area (Å²) >= 11 is 0. The molecule has 3 rings (SSSR count). The third-order valence-corrected chi connectivity index (χ3v) is 5.40. The van der Waals surface area contributed by atoms with Crippen molar-refractivity contribution in [2.75, 3.05) is 27.7 Å². The molecule has 0 aliphatic carbocycles. The van der Waals surface area contributed by atoms with Gasteiger partial charge in [-0.3, -0.25) is 9.69 Å². The van der Waals surface area contributed by atoms with Crippen molar-refractivity contribution in [2.24, 2.45) is 5.73 Å². The van der Waals surface area contributed by atoms with Crippen LogP contribution in [0.2, 0.25) is 0 Å². The Morgan fingerprint density at radius 3 is 1.81 bits per heavy atom. The number of halogens is 6. The van der Waals surface area contributed by atoms with Gasteiger partial charge in [-0.25, -0.2) is 14.6 Å². The van der Waals surface area contributed by atoms with E-state index < -0.39 is 24.3 Å². The Morgan fingerprint density at radius 1 is 0.907 bits per heavy atom. The second-order valence-corrected chi connectivity index (χ2v) is 9.20. The van der Waals surface area contributed by atoms with E-state index in [1.165, 1.54) is 17.2 Å². The Bertz CT molecular complexity index is 1340. The van der Waals surface area contributed by atoms with Crippen LogP contribution in [0.4, 0.5) is 26.3 Å². The number of aromatic nitrogens is 2. The molecule has 16 heteroatoms. The summed E-state index contributed by atoms with van der Waals surface area (Å²) in [5.74, 6) is -4.97. The van der Waals surface area contributed by atoms with Crippen LogP contribution < -0.4 is 11.3 Å². The number of aliphatic carboxylic acids is 2. The summed E-state index contributed by atoms with van der Waals surface area (Å²) in [6.07, 6.45) is -10.2. The molecule has 0 amide bonds. The highest BCUT2D eigenvalue weighted by molar-refractivity contribution is 5.73. The molecule has 1 unspecified atom stereocenters. The number of hydrogen-bond acceptors (Lipinski definition) is 7. The number of benzene rings is 2. The zero-order valence-electron chi connectivity index (χ0n) is 23.3. The van der Waals surface area contributed by atoms with Crippen molar-refractivity contribution < 1.29 is 46.1 Å². The monoisotopic (exact) mass is 619 g/mol. The second kappa shape index (κ2) is 16.4. The number of hydrogen-bond donors (Lipinski definition) is 4. The SMILES string of the molecule is CN(C)CC(c1ccccc1)N(C)Cc1ccc(-c2nc(CN)cc(=O)[nH]2)cc1.O=C(O)C(F)(F)F.O=C(O)C(F)(F)F. The van der Waals surface area contributed by atoms with E-state index in [0.29, 0.717) is 17.6 Å². The molecule has 0 saturated carbocycles. The van der Waals surface area contributed by atoms with Crippen molar-refractivity contribution in [3.63, 3.8) is 0 Å². The third kappa shape index (κ3) is 13.5. The van der Waals surface area contributed by atoms with Gasteiger partial charge < -0.3 is 25.8 Å². The fourth-order valence-electron chi connectivity index (χ4n) is 3.44. The quantitative estimate of drug-likeness (QED) is 0.275. The standard InChI is InChI=1S/C23H29N5O.2C2HF3O2/c1-27(2)16-21(18-7-5-4-6-8-18)28(3)15-17-9-11-19(12-10-17)23-25-20(14-24)13-22(29)26-23;2*3-2(4,5)1(6)7/h4-13,21H,14-16,24H2,1-3H3,(H,25,26,29);2*(H,6,7). The molecule has 0 bridgehead atoms. The number of carbonyl (C=O) groups is 2. The van der Waals surface area contributed by atoms with Crippen LogP contribution >= 0.6 is 0 Å². The van der Waals surface area contributed by atoms with Gasteiger partial charge in [0.15, 0.2) is 0 Å². The molecule has 1 atom stereocenters. The van der Waals surface area contributed by atoms with E-state index in [-0.39, 0.29) is 12.1 Å². The molecule has 43 heavy (non-hydrogen) atoms. The normalized spacial score (nSPS) is 12.1. The van der Waals surface area contributed by atoms with Crippen molar-refractivity contribution >= 4 is 11.9 Å². The molecule has 0 spiro atoms. The molecule has 0 saturated heterocycles. The molecule has 0 fully saturated rings. The summed E-state index contributed by atoms with van der Waals surface area (Å²) in [5.41, 5.74) is 9.41. The maximum atomic E-state index is 11.8. The van der Waals surface area contributed by atoms with E-state index in [1.807, 2.05) is 18.2 Å². The minimum atomic E-state index is -5.08. The lowest BCUT2D eigenvalue weighted by Crippen LogP contribution is -2.32.